The van der Waals surface area contributed by atoms with Crippen LogP contribution in [0.2, 0.25) is 0 Å². The van der Waals surface area contributed by atoms with Crippen molar-refractivity contribution in [3.05, 3.63) is 23.3 Å². The van der Waals surface area contributed by atoms with Crippen molar-refractivity contribution in [1.82, 2.24) is 0 Å². The predicted octanol–water partition coefficient (Wildman–Crippen LogP) is 5.29. The molecule has 8 atom stereocenters. The molecule has 4 aliphatic carbocycles. The number of hydrogen-bond acceptors (Lipinski definition) is 6. The van der Waals surface area contributed by atoms with E-state index in [1.54, 1.807) is 19.1 Å². The van der Waals surface area contributed by atoms with E-state index in [9.17, 15) is 24.9 Å². The molecular formula is C32H50O6. The maximum Gasteiger partial charge on any atom is 0.306 e. The number of allylic oxidation sites excluding steroid dienone is 1. The largest absolute Gasteiger partial charge is 0.455 e. The van der Waals surface area contributed by atoms with E-state index in [1.807, 2.05) is 6.92 Å². The Bertz CT molecular complexity index is 965. The number of rotatable bonds is 12. The van der Waals surface area contributed by atoms with Crippen LogP contribution in [-0.4, -0.2) is 51.5 Å². The Kier molecular flexibility index (Phi) is 8.67. The smallest absolute Gasteiger partial charge is 0.306 e. The minimum absolute atomic E-state index is 0.0145. The number of ether oxygens (including phenoxy) is 1. The van der Waals surface area contributed by atoms with Gasteiger partial charge in [-0.15, -0.1) is 0 Å². The first kappa shape index (κ1) is 29.5. The van der Waals surface area contributed by atoms with Crippen molar-refractivity contribution >= 4 is 11.8 Å². The molecule has 0 amide bonds. The highest BCUT2D eigenvalue weighted by Gasteiger charge is 2.76. The number of hydrogen-bond donors (Lipinski definition) is 3. The molecule has 0 heterocycles. The quantitative estimate of drug-likeness (QED) is 0.180. The fraction of sp³-hybridized carbons (Fsp3) is 0.812. The predicted molar refractivity (Wildman–Crippen MR) is 147 cm³/mol. The van der Waals surface area contributed by atoms with Gasteiger partial charge in [-0.05, 0) is 54.1 Å². The Balaban J connectivity index is 1.48. The maximum atomic E-state index is 14.3. The number of ketones is 1. The summed E-state index contributed by atoms with van der Waals surface area (Å²) in [4.78, 5) is 27.3. The van der Waals surface area contributed by atoms with Crippen LogP contribution in [0.25, 0.3) is 0 Å². The Morgan fingerprint density at radius 3 is 2.29 bits per heavy atom. The van der Waals surface area contributed by atoms with Crippen LogP contribution in [0.1, 0.15) is 105 Å². The zero-order chi connectivity index (χ0) is 27.9. The molecule has 3 N–H and O–H groups in total. The standard InChI is InChI=1S/C32H50O6/c1-6-7-8-9-10-11-12-13-14-15-25(34)38-29-20(2)18-31-21(3)16-24-26(30(24,4)5)23(28(31)36)17-22(19-33)27(35)32(29,31)37/h17-18,21,23-24,26-27,29,33,35,37H,6-16,19H2,1-5H3/t21-,23+,24-,26+,27-,29+,31+,32+/m1/s1. The van der Waals surface area contributed by atoms with Crippen LogP contribution in [0, 0.1) is 34.5 Å². The van der Waals surface area contributed by atoms with Gasteiger partial charge in [0.2, 0.25) is 0 Å². The number of aliphatic hydroxyl groups is 3. The molecule has 2 bridgehead atoms. The van der Waals surface area contributed by atoms with Crippen LogP contribution in [0.15, 0.2) is 23.3 Å². The number of carbonyl (C=O) groups is 2. The third-order valence-corrected chi connectivity index (χ3v) is 10.6. The van der Waals surface area contributed by atoms with E-state index in [0.29, 0.717) is 17.9 Å². The van der Waals surface area contributed by atoms with Gasteiger partial charge < -0.3 is 20.1 Å². The molecule has 0 aromatic carbocycles. The third-order valence-electron chi connectivity index (χ3n) is 10.6. The van der Waals surface area contributed by atoms with Crippen molar-refractivity contribution < 1.29 is 29.6 Å². The van der Waals surface area contributed by atoms with Crippen LogP contribution in [0.4, 0.5) is 0 Å². The number of aliphatic hydroxyl groups excluding tert-OH is 2. The van der Waals surface area contributed by atoms with E-state index in [-0.39, 0.29) is 35.0 Å². The highest BCUT2D eigenvalue weighted by molar-refractivity contribution is 5.95. The average Bonchev–Trinajstić information content (AvgIpc) is 3.36. The van der Waals surface area contributed by atoms with Crippen LogP contribution in [0.5, 0.6) is 0 Å². The van der Waals surface area contributed by atoms with Crippen molar-refractivity contribution in [3.63, 3.8) is 0 Å². The summed E-state index contributed by atoms with van der Waals surface area (Å²) in [5, 5.41) is 34.2. The molecule has 2 fully saturated rings. The fourth-order valence-electron chi connectivity index (χ4n) is 8.36. The Morgan fingerprint density at radius 2 is 1.68 bits per heavy atom. The van der Waals surface area contributed by atoms with E-state index in [0.717, 1.165) is 19.3 Å². The molecule has 4 aliphatic rings. The number of esters is 1. The van der Waals surface area contributed by atoms with Gasteiger partial charge in [0.15, 0.2) is 17.5 Å². The van der Waals surface area contributed by atoms with Crippen LogP contribution < -0.4 is 0 Å². The molecule has 0 aromatic heterocycles. The molecule has 4 rings (SSSR count). The van der Waals surface area contributed by atoms with Gasteiger partial charge in [0.05, 0.1) is 12.0 Å². The molecule has 2 saturated carbocycles. The van der Waals surface area contributed by atoms with Gasteiger partial charge >= 0.3 is 5.97 Å². The zero-order valence-corrected chi connectivity index (χ0v) is 24.2. The fourth-order valence-corrected chi connectivity index (χ4v) is 8.36. The first-order valence-electron chi connectivity index (χ1n) is 15.1. The second kappa shape index (κ2) is 11.2. The van der Waals surface area contributed by atoms with E-state index >= 15 is 0 Å². The molecule has 6 heteroatoms. The van der Waals surface area contributed by atoms with E-state index in [4.69, 9.17) is 4.74 Å². The number of unbranched alkanes of at least 4 members (excludes halogenated alkanes) is 8. The topological polar surface area (TPSA) is 104 Å². The summed E-state index contributed by atoms with van der Waals surface area (Å²) in [5.41, 5.74) is -2.60. The van der Waals surface area contributed by atoms with Gasteiger partial charge in [0.25, 0.3) is 0 Å². The van der Waals surface area contributed by atoms with Crippen LogP contribution in [0.3, 0.4) is 0 Å². The molecular weight excluding hydrogens is 480 g/mol. The minimum atomic E-state index is -2.05. The molecule has 0 aromatic rings. The summed E-state index contributed by atoms with van der Waals surface area (Å²) in [6.07, 6.45) is 12.1. The van der Waals surface area contributed by atoms with Crippen molar-refractivity contribution in [2.45, 2.75) is 123 Å². The highest BCUT2D eigenvalue weighted by Crippen LogP contribution is 2.71. The third kappa shape index (κ3) is 4.62. The summed E-state index contributed by atoms with van der Waals surface area (Å²) in [6, 6.07) is 0. The normalized spacial score (nSPS) is 38.9. The first-order valence-corrected chi connectivity index (χ1v) is 15.1. The van der Waals surface area contributed by atoms with Crippen LogP contribution >= 0.6 is 0 Å². The number of fused-ring (bicyclic) bond motifs is 3. The maximum absolute atomic E-state index is 14.3. The van der Waals surface area contributed by atoms with Gasteiger partial charge in [-0.1, -0.05) is 91.2 Å². The molecule has 6 nitrogen and oxygen atoms in total. The number of Topliss-reactive ketones (excluding diaryl/α,β-unsaturated/α-hetero) is 1. The van der Waals surface area contributed by atoms with Crippen molar-refractivity contribution in [2.24, 2.45) is 34.5 Å². The molecule has 0 aliphatic heterocycles. The Morgan fingerprint density at radius 1 is 1.08 bits per heavy atom. The minimum Gasteiger partial charge on any atom is -0.455 e. The van der Waals surface area contributed by atoms with Gasteiger partial charge in [0.1, 0.15) is 6.10 Å². The van der Waals surface area contributed by atoms with E-state index < -0.39 is 41.7 Å². The lowest BCUT2D eigenvalue weighted by molar-refractivity contribution is -0.203. The van der Waals surface area contributed by atoms with E-state index in [2.05, 4.69) is 20.8 Å². The molecule has 0 radical (unpaired) electrons. The zero-order valence-electron chi connectivity index (χ0n) is 24.2. The molecule has 214 valence electrons. The Hall–Kier alpha value is -1.50. The lowest BCUT2D eigenvalue weighted by atomic mass is 9.59. The molecule has 0 saturated heterocycles. The van der Waals surface area contributed by atoms with Gasteiger partial charge in [0, 0.05) is 12.3 Å². The molecule has 0 unspecified atom stereocenters. The van der Waals surface area contributed by atoms with Gasteiger partial charge in [-0.25, -0.2) is 0 Å². The molecule has 1 spiro atoms. The summed E-state index contributed by atoms with van der Waals surface area (Å²) < 4.78 is 5.91. The summed E-state index contributed by atoms with van der Waals surface area (Å²) in [7, 11) is 0. The molecule has 38 heavy (non-hydrogen) atoms. The van der Waals surface area contributed by atoms with Gasteiger partial charge in [-0.3, -0.25) is 9.59 Å². The summed E-state index contributed by atoms with van der Waals surface area (Å²) >= 11 is 0. The first-order chi connectivity index (χ1) is 18.0. The SMILES string of the molecule is CCCCCCCCCCCC(=O)O[C@H]1C(C)=C[C@]23C(=O)[C@@H](C=C(CO)[C@@H](O)[C@]12O)[C@H]1[C@@H](C[C@H]3C)C1(C)C. The second-order valence-electron chi connectivity index (χ2n) is 13.3. The number of carbonyl (C=O) groups excluding carboxylic acids is 2. The van der Waals surface area contributed by atoms with Crippen molar-refractivity contribution in [3.8, 4) is 0 Å². The van der Waals surface area contributed by atoms with Gasteiger partial charge in [-0.2, -0.15) is 0 Å². The monoisotopic (exact) mass is 530 g/mol. The highest BCUT2D eigenvalue weighted by atomic mass is 16.6. The average molecular weight is 531 g/mol. The lowest BCUT2D eigenvalue weighted by Crippen LogP contribution is -2.65. The lowest BCUT2D eigenvalue weighted by Gasteiger charge is -2.48. The summed E-state index contributed by atoms with van der Waals surface area (Å²) in [6.45, 7) is 9.85. The van der Waals surface area contributed by atoms with Crippen molar-refractivity contribution in [2.75, 3.05) is 6.61 Å². The summed E-state index contributed by atoms with van der Waals surface area (Å²) in [5.74, 6) is -0.859. The van der Waals surface area contributed by atoms with Crippen LogP contribution in [-0.2, 0) is 14.3 Å². The van der Waals surface area contributed by atoms with E-state index in [1.165, 1.54) is 38.5 Å². The second-order valence-corrected chi connectivity index (χ2v) is 13.3. The van der Waals surface area contributed by atoms with Crippen molar-refractivity contribution in [1.29, 1.82) is 0 Å². The Labute approximate surface area is 228 Å².